The van der Waals surface area contributed by atoms with Gasteiger partial charge in [0.05, 0.1) is 0 Å². The fourth-order valence-electron chi connectivity index (χ4n) is 3.14. The van der Waals surface area contributed by atoms with E-state index in [1.54, 1.807) is 7.05 Å². The lowest BCUT2D eigenvalue weighted by Gasteiger charge is -2.31. The second-order valence-corrected chi connectivity index (χ2v) is 5.84. The van der Waals surface area contributed by atoms with Crippen LogP contribution in [0.25, 0.3) is 11.2 Å². The van der Waals surface area contributed by atoms with Crippen molar-refractivity contribution in [1.82, 2.24) is 19.1 Å². The molecule has 0 bridgehead atoms. The Labute approximate surface area is 122 Å². The van der Waals surface area contributed by atoms with Crippen LogP contribution in [0.5, 0.6) is 0 Å². The summed E-state index contributed by atoms with van der Waals surface area (Å²) in [5.41, 5.74) is 0.150. The highest BCUT2D eigenvalue weighted by molar-refractivity contribution is 5.74. The van der Waals surface area contributed by atoms with Gasteiger partial charge in [-0.15, -0.1) is 0 Å². The first-order valence-electron chi connectivity index (χ1n) is 7.47. The largest absolute Gasteiger partial charge is 0.342 e. The smallest absolute Gasteiger partial charge is 0.329 e. The van der Waals surface area contributed by atoms with Crippen molar-refractivity contribution >= 4 is 17.1 Å². The van der Waals surface area contributed by atoms with Crippen molar-refractivity contribution in [3.63, 3.8) is 0 Å². The molecule has 0 radical (unpaired) electrons. The molecule has 0 aliphatic carbocycles. The molecule has 114 valence electrons. The third kappa shape index (κ3) is 2.16. The average molecular weight is 291 g/mol. The van der Waals surface area contributed by atoms with Crippen molar-refractivity contribution in [2.75, 3.05) is 18.0 Å². The van der Waals surface area contributed by atoms with Crippen LogP contribution in [0, 0.1) is 5.92 Å². The monoisotopic (exact) mass is 291 g/mol. The van der Waals surface area contributed by atoms with Gasteiger partial charge in [-0.3, -0.25) is 14.3 Å². The maximum atomic E-state index is 12.1. The molecule has 0 aromatic carbocycles. The summed E-state index contributed by atoms with van der Waals surface area (Å²) in [4.78, 5) is 33.1. The zero-order chi connectivity index (χ0) is 15.1. The third-order valence-electron chi connectivity index (χ3n) is 4.24. The molecule has 1 aliphatic heterocycles. The molecule has 1 aliphatic rings. The van der Waals surface area contributed by atoms with E-state index in [1.807, 2.05) is 11.5 Å². The molecule has 3 heterocycles. The lowest BCUT2D eigenvalue weighted by molar-refractivity contribution is 0.438. The first-order valence-corrected chi connectivity index (χ1v) is 7.47. The van der Waals surface area contributed by atoms with E-state index >= 15 is 0 Å². The van der Waals surface area contributed by atoms with Crippen LogP contribution in [0.1, 0.15) is 26.7 Å². The summed E-state index contributed by atoms with van der Waals surface area (Å²) >= 11 is 0. The summed E-state index contributed by atoms with van der Waals surface area (Å²) in [6, 6.07) is 0. The Balaban J connectivity index is 2.24. The molecule has 0 amide bonds. The second-order valence-electron chi connectivity index (χ2n) is 5.84. The Bertz CT molecular complexity index is 785. The predicted molar refractivity (Wildman–Crippen MR) is 81.9 cm³/mol. The first kappa shape index (κ1) is 13.9. The lowest BCUT2D eigenvalue weighted by atomic mass is 10.0. The lowest BCUT2D eigenvalue weighted by Crippen LogP contribution is -2.36. The molecular weight excluding hydrogens is 270 g/mol. The van der Waals surface area contributed by atoms with E-state index in [2.05, 4.69) is 21.8 Å². The van der Waals surface area contributed by atoms with Crippen LogP contribution in [0.2, 0.25) is 0 Å². The summed E-state index contributed by atoms with van der Waals surface area (Å²) in [6.07, 6.45) is 2.35. The van der Waals surface area contributed by atoms with E-state index in [1.165, 1.54) is 11.0 Å². The minimum absolute atomic E-state index is 0.362. The summed E-state index contributed by atoms with van der Waals surface area (Å²) < 4.78 is 3.31. The van der Waals surface area contributed by atoms with E-state index in [0.717, 1.165) is 25.5 Å². The van der Waals surface area contributed by atoms with Gasteiger partial charge < -0.3 is 9.47 Å². The van der Waals surface area contributed by atoms with Crippen LogP contribution in [0.3, 0.4) is 0 Å². The number of fused-ring (bicyclic) bond motifs is 1. The molecule has 1 saturated heterocycles. The van der Waals surface area contributed by atoms with E-state index < -0.39 is 5.69 Å². The number of anilines is 1. The molecule has 2 aromatic heterocycles. The number of nitrogens with zero attached hydrogens (tertiary/aromatic N) is 4. The number of aromatic amines is 1. The van der Waals surface area contributed by atoms with Crippen LogP contribution >= 0.6 is 0 Å². The summed E-state index contributed by atoms with van der Waals surface area (Å²) in [6.45, 7) is 6.75. The summed E-state index contributed by atoms with van der Waals surface area (Å²) in [5, 5.41) is 0. The Hall–Kier alpha value is -2.05. The van der Waals surface area contributed by atoms with Gasteiger partial charge in [0.25, 0.3) is 5.56 Å². The molecule has 1 fully saturated rings. The van der Waals surface area contributed by atoms with Gasteiger partial charge in [0.15, 0.2) is 11.2 Å². The van der Waals surface area contributed by atoms with Gasteiger partial charge in [0, 0.05) is 26.7 Å². The number of aryl methyl sites for hydroxylation is 2. The molecule has 7 heteroatoms. The van der Waals surface area contributed by atoms with Crippen LogP contribution < -0.4 is 16.1 Å². The zero-order valence-electron chi connectivity index (χ0n) is 12.7. The maximum absolute atomic E-state index is 12.1. The number of hydrogen-bond acceptors (Lipinski definition) is 4. The van der Waals surface area contributed by atoms with Crippen molar-refractivity contribution in [2.45, 2.75) is 33.2 Å². The van der Waals surface area contributed by atoms with Crippen LogP contribution in [0.4, 0.5) is 5.95 Å². The molecule has 2 aromatic rings. The maximum Gasteiger partial charge on any atom is 0.329 e. The molecule has 1 atom stereocenters. The number of hydrogen-bond donors (Lipinski definition) is 1. The standard InChI is InChI=1S/C14H21N5O2/c1-4-19-10-11(17(3)14(21)16-12(10)20)15-13(19)18-7-5-6-9(2)8-18/h9H,4-8H2,1-3H3,(H,16,20,21). The molecule has 1 unspecified atom stereocenters. The highest BCUT2D eigenvalue weighted by Gasteiger charge is 2.24. The van der Waals surface area contributed by atoms with Crippen molar-refractivity contribution in [3.05, 3.63) is 20.8 Å². The van der Waals surface area contributed by atoms with Gasteiger partial charge >= 0.3 is 5.69 Å². The zero-order valence-corrected chi connectivity index (χ0v) is 12.7. The van der Waals surface area contributed by atoms with Crippen LogP contribution in [-0.4, -0.2) is 32.2 Å². The number of nitrogens with one attached hydrogen (secondary N) is 1. The normalized spacial score (nSPS) is 19.4. The number of piperidine rings is 1. The van der Waals surface area contributed by atoms with Gasteiger partial charge in [0.2, 0.25) is 5.95 Å². The molecule has 7 nitrogen and oxygen atoms in total. The topological polar surface area (TPSA) is 75.9 Å². The van der Waals surface area contributed by atoms with Crippen molar-refractivity contribution in [1.29, 1.82) is 0 Å². The summed E-state index contributed by atoms with van der Waals surface area (Å²) in [5.74, 6) is 1.41. The van der Waals surface area contributed by atoms with E-state index in [9.17, 15) is 9.59 Å². The third-order valence-corrected chi connectivity index (χ3v) is 4.24. The Morgan fingerprint density at radius 1 is 1.38 bits per heavy atom. The molecular formula is C14H21N5O2. The second kappa shape index (κ2) is 5.05. The Morgan fingerprint density at radius 2 is 2.14 bits per heavy atom. The number of H-pyrrole nitrogens is 1. The van der Waals surface area contributed by atoms with Crippen molar-refractivity contribution < 1.29 is 0 Å². The van der Waals surface area contributed by atoms with E-state index in [-0.39, 0.29) is 5.56 Å². The van der Waals surface area contributed by atoms with Crippen molar-refractivity contribution in [3.8, 4) is 0 Å². The van der Waals surface area contributed by atoms with Gasteiger partial charge in [-0.25, -0.2) is 4.79 Å². The fourth-order valence-corrected chi connectivity index (χ4v) is 3.14. The Kier molecular flexibility index (Phi) is 3.35. The molecule has 3 rings (SSSR count). The highest BCUT2D eigenvalue weighted by Crippen LogP contribution is 2.24. The summed E-state index contributed by atoms with van der Waals surface area (Å²) in [7, 11) is 1.64. The fraction of sp³-hybridized carbons (Fsp3) is 0.643. The first-order chi connectivity index (χ1) is 10.0. The van der Waals surface area contributed by atoms with Crippen molar-refractivity contribution in [2.24, 2.45) is 13.0 Å². The molecule has 21 heavy (non-hydrogen) atoms. The quantitative estimate of drug-likeness (QED) is 0.883. The SMILES string of the molecule is CCn1c(N2CCCC(C)C2)nc2c1c(=O)[nH]c(=O)n2C. The highest BCUT2D eigenvalue weighted by atomic mass is 16.2. The minimum Gasteiger partial charge on any atom is -0.342 e. The van der Waals surface area contributed by atoms with Gasteiger partial charge in [0.1, 0.15) is 0 Å². The minimum atomic E-state index is -0.424. The van der Waals surface area contributed by atoms with Gasteiger partial charge in [-0.05, 0) is 25.7 Å². The number of imidazole rings is 1. The van der Waals surface area contributed by atoms with Crippen LogP contribution in [0.15, 0.2) is 9.59 Å². The van der Waals surface area contributed by atoms with E-state index in [4.69, 9.17) is 0 Å². The number of aromatic nitrogens is 4. The average Bonchev–Trinajstić information content (AvgIpc) is 2.85. The molecule has 0 saturated carbocycles. The van der Waals surface area contributed by atoms with Crippen LogP contribution in [-0.2, 0) is 13.6 Å². The molecule has 1 N–H and O–H groups in total. The number of rotatable bonds is 2. The molecule has 0 spiro atoms. The Morgan fingerprint density at radius 3 is 2.81 bits per heavy atom. The predicted octanol–water partition coefficient (Wildman–Crippen LogP) is 0.679. The van der Waals surface area contributed by atoms with E-state index in [0.29, 0.717) is 23.6 Å². The van der Waals surface area contributed by atoms with Gasteiger partial charge in [-0.2, -0.15) is 4.98 Å². The van der Waals surface area contributed by atoms with Gasteiger partial charge in [-0.1, -0.05) is 6.92 Å².